The third kappa shape index (κ3) is 5.42. The molecule has 0 saturated heterocycles. The molecule has 0 aliphatic carbocycles. The first-order chi connectivity index (χ1) is 16.1. The number of anilines is 1. The quantitative estimate of drug-likeness (QED) is 0.524. The molecule has 0 aromatic heterocycles. The summed E-state index contributed by atoms with van der Waals surface area (Å²) >= 11 is 0. The Hall–Kier alpha value is -2.91. The summed E-state index contributed by atoms with van der Waals surface area (Å²) in [5.41, 5.74) is 0.560. The Morgan fingerprint density at radius 2 is 1.94 bits per heavy atom. The maximum atomic E-state index is 14.0. The second kappa shape index (κ2) is 10.6. The number of nitrogens with zero attached hydrogens (tertiary/aromatic N) is 1. The van der Waals surface area contributed by atoms with Crippen LogP contribution in [-0.2, 0) is 10.0 Å². The molecule has 1 heterocycles. The number of carboxylic acid groups (broad SMARTS) is 1. The fraction of sp³-hybridized carbons (Fsp3) is 0.400. The van der Waals surface area contributed by atoms with Crippen LogP contribution >= 0.6 is 0 Å². The number of nitrogens with one attached hydrogen (secondary N) is 1. The molecule has 0 bridgehead atoms. The third-order valence-corrected chi connectivity index (χ3v) is 7.74. The summed E-state index contributed by atoms with van der Waals surface area (Å²) in [5, 5.41) is 9.87. The Balaban J connectivity index is 2.00. The van der Waals surface area contributed by atoms with Crippen LogP contribution in [-0.4, -0.2) is 50.6 Å². The van der Waals surface area contributed by atoms with Crippen LogP contribution in [0.4, 0.5) is 10.1 Å². The van der Waals surface area contributed by atoms with Gasteiger partial charge < -0.3 is 14.7 Å². The summed E-state index contributed by atoms with van der Waals surface area (Å²) in [4.78, 5) is 14.1. The molecule has 1 aliphatic rings. The number of benzene rings is 2. The van der Waals surface area contributed by atoms with Crippen LogP contribution in [0.15, 0.2) is 41.3 Å². The van der Waals surface area contributed by atoms with Crippen LogP contribution < -0.4 is 9.46 Å². The molecular weight excluding hydrogens is 459 g/mol. The zero-order chi connectivity index (χ0) is 25.0. The molecule has 3 rings (SSSR count). The lowest BCUT2D eigenvalue weighted by atomic mass is 9.85. The number of fused-ring (bicyclic) bond motifs is 1. The first kappa shape index (κ1) is 25.7. The highest BCUT2D eigenvalue weighted by Crippen LogP contribution is 2.42. The van der Waals surface area contributed by atoms with Crippen molar-refractivity contribution in [2.45, 2.75) is 38.5 Å². The van der Waals surface area contributed by atoms with Crippen molar-refractivity contribution in [3.05, 3.63) is 58.9 Å². The maximum absolute atomic E-state index is 14.0. The number of carboxylic acids is 1. The van der Waals surface area contributed by atoms with Gasteiger partial charge in [-0.2, -0.15) is 0 Å². The second-order valence-electron chi connectivity index (χ2n) is 8.46. The van der Waals surface area contributed by atoms with Gasteiger partial charge in [-0.05, 0) is 60.3 Å². The molecule has 0 radical (unpaired) electrons. The van der Waals surface area contributed by atoms with Crippen LogP contribution in [0, 0.1) is 11.7 Å². The number of rotatable bonds is 9. The molecule has 2 unspecified atom stereocenters. The highest BCUT2D eigenvalue weighted by molar-refractivity contribution is 7.92. The monoisotopic (exact) mass is 490 g/mol. The van der Waals surface area contributed by atoms with E-state index in [1.54, 1.807) is 18.2 Å². The minimum Gasteiger partial charge on any atom is -0.492 e. The summed E-state index contributed by atoms with van der Waals surface area (Å²) in [6.45, 7) is 10.6. The molecule has 9 heteroatoms. The Bertz CT molecular complexity index is 1190. The van der Waals surface area contributed by atoms with Crippen LogP contribution in [0.1, 0.15) is 55.1 Å². The molecule has 0 spiro atoms. The predicted octanol–water partition coefficient (Wildman–Crippen LogP) is 4.81. The topological polar surface area (TPSA) is 95.9 Å². The van der Waals surface area contributed by atoms with E-state index in [0.29, 0.717) is 13.2 Å². The number of likely N-dealkylation sites (N-methyl/N-ethyl adjacent to an activating group) is 1. The van der Waals surface area contributed by atoms with Crippen molar-refractivity contribution in [3.8, 4) is 5.75 Å². The molecule has 7 nitrogen and oxygen atoms in total. The van der Waals surface area contributed by atoms with Crippen molar-refractivity contribution in [2.24, 2.45) is 5.92 Å². The predicted molar refractivity (Wildman–Crippen MR) is 131 cm³/mol. The van der Waals surface area contributed by atoms with E-state index in [4.69, 9.17) is 4.74 Å². The Morgan fingerprint density at radius 3 is 2.59 bits per heavy atom. The van der Waals surface area contributed by atoms with Gasteiger partial charge in [0.15, 0.2) is 0 Å². The Morgan fingerprint density at radius 1 is 1.24 bits per heavy atom. The molecule has 2 aromatic carbocycles. The van der Waals surface area contributed by atoms with Gasteiger partial charge in [-0.25, -0.2) is 17.6 Å². The SMILES string of the molecule is CCN(CC)C/C=C\c1cc(F)ccc1S(=O)(=O)Nc1ccc2c(c1C(=O)O)OCC(C)C2C. The minimum absolute atomic E-state index is 0.0622. The smallest absolute Gasteiger partial charge is 0.341 e. The van der Waals surface area contributed by atoms with Gasteiger partial charge >= 0.3 is 5.97 Å². The lowest BCUT2D eigenvalue weighted by Gasteiger charge is -2.30. The maximum Gasteiger partial charge on any atom is 0.341 e. The van der Waals surface area contributed by atoms with E-state index >= 15 is 0 Å². The average Bonchev–Trinajstić information content (AvgIpc) is 2.78. The van der Waals surface area contributed by atoms with E-state index in [-0.39, 0.29) is 39.3 Å². The van der Waals surface area contributed by atoms with Gasteiger partial charge in [-0.15, -0.1) is 0 Å². The molecule has 34 heavy (non-hydrogen) atoms. The van der Waals surface area contributed by atoms with Crippen LogP contribution in [0.3, 0.4) is 0 Å². The fourth-order valence-electron chi connectivity index (χ4n) is 3.98. The number of sulfonamides is 1. The van der Waals surface area contributed by atoms with Crippen LogP contribution in [0.25, 0.3) is 6.08 Å². The van der Waals surface area contributed by atoms with Crippen molar-refractivity contribution in [3.63, 3.8) is 0 Å². The van der Waals surface area contributed by atoms with Crippen molar-refractivity contribution in [1.82, 2.24) is 4.90 Å². The van der Waals surface area contributed by atoms with Gasteiger partial charge in [-0.3, -0.25) is 4.72 Å². The van der Waals surface area contributed by atoms with Crippen molar-refractivity contribution in [2.75, 3.05) is 31.0 Å². The first-order valence-electron chi connectivity index (χ1n) is 11.3. The van der Waals surface area contributed by atoms with Gasteiger partial charge in [-0.1, -0.05) is 45.9 Å². The number of carbonyl (C=O) groups is 1. The fourth-order valence-corrected chi connectivity index (χ4v) is 5.23. The number of hydrogen-bond donors (Lipinski definition) is 2. The zero-order valence-corrected chi connectivity index (χ0v) is 20.7. The lowest BCUT2D eigenvalue weighted by molar-refractivity contribution is 0.0690. The molecular formula is C25H31FN2O5S. The van der Waals surface area contributed by atoms with E-state index < -0.39 is 21.8 Å². The van der Waals surface area contributed by atoms with E-state index in [1.165, 1.54) is 12.1 Å². The largest absolute Gasteiger partial charge is 0.492 e. The number of halogens is 1. The third-order valence-electron chi connectivity index (χ3n) is 6.30. The molecule has 2 N–H and O–H groups in total. The van der Waals surface area contributed by atoms with Crippen molar-refractivity contribution in [1.29, 1.82) is 0 Å². The Labute approximate surface area is 200 Å². The van der Waals surface area contributed by atoms with Crippen LogP contribution in [0.2, 0.25) is 0 Å². The van der Waals surface area contributed by atoms with Crippen molar-refractivity contribution < 1.29 is 27.4 Å². The Kier molecular flexibility index (Phi) is 7.99. The molecule has 0 saturated carbocycles. The average molecular weight is 491 g/mol. The molecule has 0 amide bonds. The van der Waals surface area contributed by atoms with E-state index in [1.807, 2.05) is 27.7 Å². The first-order valence-corrected chi connectivity index (χ1v) is 12.8. The van der Waals surface area contributed by atoms with Gasteiger partial charge in [0.05, 0.1) is 17.2 Å². The van der Waals surface area contributed by atoms with Gasteiger partial charge in [0.1, 0.15) is 17.1 Å². The second-order valence-corrected chi connectivity index (χ2v) is 10.1. The van der Waals surface area contributed by atoms with Gasteiger partial charge in [0.2, 0.25) is 0 Å². The lowest BCUT2D eigenvalue weighted by Crippen LogP contribution is -2.25. The summed E-state index contributed by atoms with van der Waals surface area (Å²) in [6, 6.07) is 6.51. The summed E-state index contributed by atoms with van der Waals surface area (Å²) in [5.74, 6) is -1.43. The molecule has 2 aromatic rings. The molecule has 1 aliphatic heterocycles. The number of hydrogen-bond acceptors (Lipinski definition) is 5. The number of ether oxygens (including phenoxy) is 1. The van der Waals surface area contributed by atoms with Gasteiger partial charge in [0.25, 0.3) is 10.0 Å². The van der Waals surface area contributed by atoms with E-state index in [0.717, 1.165) is 30.8 Å². The van der Waals surface area contributed by atoms with E-state index in [2.05, 4.69) is 9.62 Å². The van der Waals surface area contributed by atoms with Crippen LogP contribution in [0.5, 0.6) is 5.75 Å². The minimum atomic E-state index is -4.23. The normalized spacial score (nSPS) is 18.1. The highest BCUT2D eigenvalue weighted by Gasteiger charge is 2.31. The zero-order valence-electron chi connectivity index (χ0n) is 19.8. The summed E-state index contributed by atoms with van der Waals surface area (Å²) < 4.78 is 48.6. The molecule has 0 fully saturated rings. The van der Waals surface area contributed by atoms with E-state index in [9.17, 15) is 22.7 Å². The standard InChI is InChI=1S/C25H31FN2O5S/c1-5-28(6-2)13-7-8-18-14-19(26)9-12-22(18)34(31,32)27-21-11-10-20-17(4)16(3)15-33-24(20)23(21)25(29)30/h7-12,14,16-17,27H,5-6,13,15H2,1-4H3,(H,29,30)/b8-7-. The highest BCUT2D eigenvalue weighted by atomic mass is 32.2. The molecule has 184 valence electrons. The number of aromatic carboxylic acids is 1. The molecule has 2 atom stereocenters. The van der Waals surface area contributed by atoms with Crippen molar-refractivity contribution >= 4 is 27.8 Å². The summed E-state index contributed by atoms with van der Waals surface area (Å²) in [6.07, 6.45) is 3.34. The summed E-state index contributed by atoms with van der Waals surface area (Å²) in [7, 11) is -4.23. The van der Waals surface area contributed by atoms with Gasteiger partial charge in [0, 0.05) is 6.54 Å².